The van der Waals surface area contributed by atoms with Crippen LogP contribution in [0.5, 0.6) is 5.88 Å². The fourth-order valence-electron chi connectivity index (χ4n) is 3.36. The van der Waals surface area contributed by atoms with Gasteiger partial charge in [-0.1, -0.05) is 6.07 Å². The van der Waals surface area contributed by atoms with Gasteiger partial charge >= 0.3 is 0 Å². The van der Waals surface area contributed by atoms with Gasteiger partial charge in [0, 0.05) is 48.7 Å². The molecule has 0 bridgehead atoms. The third-order valence-corrected chi connectivity index (χ3v) is 4.93. The summed E-state index contributed by atoms with van der Waals surface area (Å²) in [6.45, 7) is 4.71. The van der Waals surface area contributed by atoms with Crippen LogP contribution in [0.1, 0.15) is 35.0 Å². The van der Waals surface area contributed by atoms with Crippen LogP contribution in [0.25, 0.3) is 5.57 Å². The molecule has 0 spiro atoms. The second-order valence-electron chi connectivity index (χ2n) is 7.40. The number of halogens is 1. The first kappa shape index (κ1) is 17.6. The first-order chi connectivity index (χ1) is 13.0. The molecule has 0 saturated heterocycles. The van der Waals surface area contributed by atoms with Crippen molar-refractivity contribution < 1.29 is 9.13 Å². The number of hydrogen-bond donors (Lipinski definition) is 0. The SMILES string of the molecule is Cc1ccc([C@@H]2CC2COc2nc(C)ncc2C2=CN(C)CC(F)=C2)nc1. The predicted molar refractivity (Wildman–Crippen MR) is 102 cm³/mol. The molecule has 2 aliphatic rings. The van der Waals surface area contributed by atoms with E-state index in [1.54, 1.807) is 11.1 Å². The van der Waals surface area contributed by atoms with E-state index in [9.17, 15) is 4.39 Å². The summed E-state index contributed by atoms with van der Waals surface area (Å²) in [6.07, 6.45) is 8.09. The molecule has 0 radical (unpaired) electrons. The number of allylic oxidation sites excluding steroid dienone is 2. The first-order valence-corrected chi connectivity index (χ1v) is 9.17. The zero-order valence-electron chi connectivity index (χ0n) is 15.8. The third kappa shape index (κ3) is 3.99. The monoisotopic (exact) mass is 366 g/mol. The zero-order chi connectivity index (χ0) is 19.0. The van der Waals surface area contributed by atoms with Crippen molar-refractivity contribution in [1.29, 1.82) is 0 Å². The summed E-state index contributed by atoms with van der Waals surface area (Å²) in [5, 5.41) is 0. The minimum atomic E-state index is -0.186. The fourth-order valence-corrected chi connectivity index (χ4v) is 3.36. The average Bonchev–Trinajstić information content (AvgIpc) is 3.39. The molecule has 3 heterocycles. The van der Waals surface area contributed by atoms with Crippen molar-refractivity contribution in [1.82, 2.24) is 19.9 Å². The van der Waals surface area contributed by atoms with Crippen LogP contribution < -0.4 is 4.74 Å². The lowest BCUT2D eigenvalue weighted by Gasteiger charge is -2.20. The lowest BCUT2D eigenvalue weighted by Crippen LogP contribution is -2.17. The van der Waals surface area contributed by atoms with Crippen LogP contribution in [0.3, 0.4) is 0 Å². The number of rotatable bonds is 5. The molecule has 1 saturated carbocycles. The molecule has 2 aromatic heterocycles. The summed E-state index contributed by atoms with van der Waals surface area (Å²) < 4.78 is 19.9. The highest BCUT2D eigenvalue weighted by molar-refractivity contribution is 5.77. The largest absolute Gasteiger partial charge is 0.477 e. The quantitative estimate of drug-likeness (QED) is 0.805. The van der Waals surface area contributed by atoms with Crippen LogP contribution in [-0.4, -0.2) is 40.1 Å². The van der Waals surface area contributed by atoms with Gasteiger partial charge in [0.2, 0.25) is 5.88 Å². The number of hydrogen-bond acceptors (Lipinski definition) is 5. The van der Waals surface area contributed by atoms with Gasteiger partial charge in [-0.15, -0.1) is 0 Å². The molecule has 2 aromatic rings. The fraction of sp³-hybridized carbons (Fsp3) is 0.381. The second-order valence-corrected chi connectivity index (χ2v) is 7.40. The minimum absolute atomic E-state index is 0.186. The molecule has 1 aliphatic carbocycles. The van der Waals surface area contributed by atoms with Crippen LogP contribution >= 0.6 is 0 Å². The molecule has 0 aromatic carbocycles. The van der Waals surface area contributed by atoms with Gasteiger partial charge in [-0.05, 0) is 38.0 Å². The van der Waals surface area contributed by atoms with Gasteiger partial charge in [0.05, 0.1) is 18.7 Å². The topological polar surface area (TPSA) is 51.1 Å². The minimum Gasteiger partial charge on any atom is -0.477 e. The van der Waals surface area contributed by atoms with E-state index in [1.807, 2.05) is 33.3 Å². The highest BCUT2D eigenvalue weighted by Crippen LogP contribution is 2.47. The Morgan fingerprint density at radius 2 is 2.07 bits per heavy atom. The Morgan fingerprint density at radius 1 is 1.22 bits per heavy atom. The van der Waals surface area contributed by atoms with Gasteiger partial charge in [-0.25, -0.2) is 9.37 Å². The third-order valence-electron chi connectivity index (χ3n) is 4.93. The predicted octanol–water partition coefficient (Wildman–Crippen LogP) is 3.81. The highest BCUT2D eigenvalue weighted by atomic mass is 19.1. The second kappa shape index (κ2) is 7.10. The van der Waals surface area contributed by atoms with E-state index in [0.29, 0.717) is 35.7 Å². The van der Waals surface area contributed by atoms with E-state index in [2.05, 4.69) is 27.1 Å². The lowest BCUT2D eigenvalue weighted by atomic mass is 10.1. The summed E-state index contributed by atoms with van der Waals surface area (Å²) in [4.78, 5) is 15.0. The van der Waals surface area contributed by atoms with Crippen molar-refractivity contribution in [3.63, 3.8) is 0 Å². The van der Waals surface area contributed by atoms with Gasteiger partial charge < -0.3 is 9.64 Å². The van der Waals surface area contributed by atoms with Crippen LogP contribution in [0.15, 0.2) is 42.6 Å². The van der Waals surface area contributed by atoms with Gasteiger partial charge in [-0.2, -0.15) is 4.98 Å². The number of likely N-dealkylation sites (N-methyl/N-ethyl adjacent to an activating group) is 1. The van der Waals surface area contributed by atoms with Crippen LogP contribution in [0.4, 0.5) is 4.39 Å². The maximum absolute atomic E-state index is 13.9. The Balaban J connectivity index is 1.48. The van der Waals surface area contributed by atoms with Crippen LogP contribution in [0.2, 0.25) is 0 Å². The molecular weight excluding hydrogens is 343 g/mol. The molecule has 0 N–H and O–H groups in total. The molecule has 5 nitrogen and oxygen atoms in total. The Bertz CT molecular complexity index is 907. The maximum atomic E-state index is 13.9. The molecule has 0 amide bonds. The average molecular weight is 366 g/mol. The lowest BCUT2D eigenvalue weighted by molar-refractivity contribution is 0.283. The van der Waals surface area contributed by atoms with Crippen molar-refractivity contribution in [2.24, 2.45) is 5.92 Å². The summed E-state index contributed by atoms with van der Waals surface area (Å²) in [5.74, 6) is 1.83. The molecule has 2 atom stereocenters. The molecule has 140 valence electrons. The van der Waals surface area contributed by atoms with Crippen molar-refractivity contribution in [3.8, 4) is 5.88 Å². The maximum Gasteiger partial charge on any atom is 0.224 e. The van der Waals surface area contributed by atoms with Crippen molar-refractivity contribution >= 4 is 5.57 Å². The Morgan fingerprint density at radius 3 is 2.81 bits per heavy atom. The number of pyridine rings is 1. The summed E-state index contributed by atoms with van der Waals surface area (Å²) in [7, 11) is 1.84. The number of aromatic nitrogens is 3. The van der Waals surface area contributed by atoms with Crippen molar-refractivity contribution in [2.45, 2.75) is 26.2 Å². The van der Waals surface area contributed by atoms with Crippen molar-refractivity contribution in [2.75, 3.05) is 20.2 Å². The molecule has 1 fully saturated rings. The van der Waals surface area contributed by atoms with Gasteiger partial charge in [0.15, 0.2) is 0 Å². The van der Waals surface area contributed by atoms with E-state index in [0.717, 1.165) is 17.7 Å². The molecular formula is C21H23FN4O. The number of aryl methyl sites for hydroxylation is 2. The standard InChI is InChI=1S/C21H23FN4O/c1-13-4-5-20(24-8-13)18-7-16(18)12-27-21-19(9-23-14(2)25-21)15-6-17(22)11-26(3)10-15/h4-6,8-10,16,18H,7,11-12H2,1-3H3/t16?,18-/m1/s1. The normalized spacial score (nSPS) is 21.6. The molecule has 6 heteroatoms. The van der Waals surface area contributed by atoms with Gasteiger partial charge in [0.1, 0.15) is 11.7 Å². The highest BCUT2D eigenvalue weighted by Gasteiger charge is 2.40. The first-order valence-electron chi connectivity index (χ1n) is 9.17. The van der Waals surface area contributed by atoms with E-state index in [-0.39, 0.29) is 12.4 Å². The number of nitrogens with zero attached hydrogens (tertiary/aromatic N) is 4. The molecule has 1 aliphatic heterocycles. The zero-order valence-corrected chi connectivity index (χ0v) is 15.8. The van der Waals surface area contributed by atoms with E-state index < -0.39 is 0 Å². The van der Waals surface area contributed by atoms with Crippen LogP contribution in [0, 0.1) is 19.8 Å². The Kier molecular flexibility index (Phi) is 4.64. The summed E-state index contributed by atoms with van der Waals surface area (Å²) >= 11 is 0. The van der Waals surface area contributed by atoms with Gasteiger partial charge in [-0.3, -0.25) is 4.98 Å². The summed E-state index contributed by atoms with van der Waals surface area (Å²) in [5.41, 5.74) is 3.73. The van der Waals surface area contributed by atoms with Crippen LogP contribution in [-0.2, 0) is 0 Å². The molecule has 27 heavy (non-hydrogen) atoms. The Labute approximate surface area is 158 Å². The summed E-state index contributed by atoms with van der Waals surface area (Å²) in [6, 6.07) is 4.19. The number of ether oxygens (including phenoxy) is 1. The smallest absolute Gasteiger partial charge is 0.224 e. The van der Waals surface area contributed by atoms with E-state index in [4.69, 9.17) is 4.74 Å². The van der Waals surface area contributed by atoms with Gasteiger partial charge in [0.25, 0.3) is 0 Å². The van der Waals surface area contributed by atoms with E-state index >= 15 is 0 Å². The molecule has 1 unspecified atom stereocenters. The van der Waals surface area contributed by atoms with Crippen molar-refractivity contribution in [3.05, 3.63) is 65.3 Å². The Hall–Kier alpha value is -2.76. The van der Waals surface area contributed by atoms with E-state index in [1.165, 1.54) is 11.6 Å². The molecule has 4 rings (SSSR count).